The van der Waals surface area contributed by atoms with E-state index in [0.29, 0.717) is 0 Å². The summed E-state index contributed by atoms with van der Waals surface area (Å²) in [5, 5.41) is 0. The fraction of sp³-hybridized carbons (Fsp3) is 0.0769. The maximum atomic E-state index is 3.80. The molecule has 1 aromatic carbocycles. The van der Waals surface area contributed by atoms with E-state index in [1.807, 2.05) is 37.3 Å². The summed E-state index contributed by atoms with van der Waals surface area (Å²) in [6.07, 6.45) is 7.93. The van der Waals surface area contributed by atoms with Crippen molar-refractivity contribution in [2.24, 2.45) is 0 Å². The summed E-state index contributed by atoms with van der Waals surface area (Å²) in [7, 11) is 0. The first-order valence-corrected chi connectivity index (χ1v) is 5.28. The zero-order valence-corrected chi connectivity index (χ0v) is 9.79. The summed E-state index contributed by atoms with van der Waals surface area (Å²) in [6.45, 7) is 5.80. The molecule has 1 aromatic rings. The zero-order chi connectivity index (χ0) is 10.4. The Morgan fingerprint density at radius 2 is 1.93 bits per heavy atom. The van der Waals surface area contributed by atoms with Gasteiger partial charge < -0.3 is 0 Å². The van der Waals surface area contributed by atoms with Crippen LogP contribution in [-0.2, 0) is 0 Å². The van der Waals surface area contributed by atoms with Gasteiger partial charge in [0.1, 0.15) is 0 Å². The third-order valence-corrected chi connectivity index (χ3v) is 2.39. The van der Waals surface area contributed by atoms with E-state index in [-0.39, 0.29) is 0 Å². The van der Waals surface area contributed by atoms with Crippen LogP contribution in [-0.4, -0.2) is 0 Å². The molecule has 0 spiro atoms. The third kappa shape index (κ3) is 3.00. The molecule has 0 fully saturated rings. The molecule has 0 aliphatic carbocycles. The highest BCUT2D eigenvalue weighted by molar-refractivity contribution is 9.10. The van der Waals surface area contributed by atoms with Crippen molar-refractivity contribution in [3.63, 3.8) is 0 Å². The van der Waals surface area contributed by atoms with E-state index >= 15 is 0 Å². The van der Waals surface area contributed by atoms with Crippen LogP contribution in [0.15, 0.2) is 59.6 Å². The lowest BCUT2D eigenvalue weighted by Gasteiger charge is -2.00. The van der Waals surface area contributed by atoms with Gasteiger partial charge in [0.25, 0.3) is 0 Å². The molecule has 0 aliphatic rings. The quantitative estimate of drug-likeness (QED) is 0.687. The Hall–Kier alpha value is -1.08. The van der Waals surface area contributed by atoms with Gasteiger partial charge in [0.2, 0.25) is 0 Å². The van der Waals surface area contributed by atoms with E-state index in [1.165, 1.54) is 5.56 Å². The van der Waals surface area contributed by atoms with Crippen LogP contribution in [0, 0.1) is 0 Å². The summed E-state index contributed by atoms with van der Waals surface area (Å²) >= 11 is 3.41. The van der Waals surface area contributed by atoms with Crippen LogP contribution in [0.2, 0.25) is 0 Å². The summed E-state index contributed by atoms with van der Waals surface area (Å²) in [5.74, 6) is 0. The highest BCUT2D eigenvalue weighted by Gasteiger charge is 1.95. The summed E-state index contributed by atoms with van der Waals surface area (Å²) in [4.78, 5) is 0. The van der Waals surface area contributed by atoms with E-state index in [1.54, 1.807) is 0 Å². The molecule has 72 valence electrons. The van der Waals surface area contributed by atoms with Gasteiger partial charge in [-0.1, -0.05) is 58.9 Å². The molecule has 0 bridgehead atoms. The van der Waals surface area contributed by atoms with Gasteiger partial charge in [-0.05, 0) is 30.2 Å². The minimum atomic E-state index is 1.09. The number of benzene rings is 1. The number of hydrogen-bond donors (Lipinski definition) is 0. The zero-order valence-electron chi connectivity index (χ0n) is 8.20. The van der Waals surface area contributed by atoms with E-state index in [4.69, 9.17) is 0 Å². The Morgan fingerprint density at radius 3 is 2.43 bits per heavy atom. The van der Waals surface area contributed by atoms with Gasteiger partial charge in [0.15, 0.2) is 0 Å². The van der Waals surface area contributed by atoms with Gasteiger partial charge in [-0.3, -0.25) is 0 Å². The molecule has 0 amide bonds. The Balaban J connectivity index is 3.01. The number of hydrogen-bond acceptors (Lipinski definition) is 0. The Bertz CT molecular complexity index is 355. The first-order chi connectivity index (χ1) is 6.77. The predicted molar refractivity (Wildman–Crippen MR) is 67.1 cm³/mol. The molecule has 0 saturated heterocycles. The van der Waals surface area contributed by atoms with Crippen molar-refractivity contribution < 1.29 is 0 Å². The maximum Gasteiger partial charge on any atom is 0.0175 e. The fourth-order valence-corrected chi connectivity index (χ4v) is 1.39. The number of rotatable bonds is 3. The molecule has 0 unspecified atom stereocenters. The third-order valence-electron chi connectivity index (χ3n) is 1.87. The van der Waals surface area contributed by atoms with Gasteiger partial charge in [0, 0.05) is 4.47 Å². The van der Waals surface area contributed by atoms with E-state index in [0.717, 1.165) is 10.0 Å². The van der Waals surface area contributed by atoms with Crippen molar-refractivity contribution in [3.8, 4) is 0 Å². The largest absolute Gasteiger partial charge is 0.0984 e. The van der Waals surface area contributed by atoms with Crippen LogP contribution < -0.4 is 0 Å². The molecular weight excluding hydrogens is 236 g/mol. The molecule has 14 heavy (non-hydrogen) atoms. The lowest BCUT2D eigenvalue weighted by molar-refractivity contribution is 1.58. The second-order valence-corrected chi connectivity index (χ2v) is 3.77. The van der Waals surface area contributed by atoms with Crippen molar-refractivity contribution in [2.75, 3.05) is 0 Å². The molecule has 0 aliphatic heterocycles. The van der Waals surface area contributed by atoms with Gasteiger partial charge in [0.05, 0.1) is 0 Å². The minimum Gasteiger partial charge on any atom is -0.0984 e. The second-order valence-electron chi connectivity index (χ2n) is 2.86. The van der Waals surface area contributed by atoms with E-state index in [9.17, 15) is 0 Å². The summed E-state index contributed by atoms with van der Waals surface area (Å²) < 4.78 is 1.09. The Morgan fingerprint density at radius 1 is 1.29 bits per heavy atom. The number of halogens is 1. The number of allylic oxidation sites excluding steroid dienone is 5. The highest BCUT2D eigenvalue weighted by Crippen LogP contribution is 2.18. The van der Waals surface area contributed by atoms with Gasteiger partial charge in [-0.25, -0.2) is 0 Å². The standard InChI is InChI=1S/C13H13Br/c1-3-5-6-11(4-2)12-7-9-13(14)10-8-12/h3-10H,2H2,1H3/b5-3-,11-6+. The molecule has 1 rings (SSSR count). The predicted octanol–water partition coefficient (Wildman–Crippen LogP) is 4.59. The smallest absolute Gasteiger partial charge is 0.0175 e. The second kappa shape index (κ2) is 5.61. The van der Waals surface area contributed by atoms with Crippen LogP contribution in [0.4, 0.5) is 0 Å². The van der Waals surface area contributed by atoms with Crippen LogP contribution in [0.25, 0.3) is 5.57 Å². The molecule has 0 N–H and O–H groups in total. The maximum absolute atomic E-state index is 3.80. The van der Waals surface area contributed by atoms with Gasteiger partial charge in [-0.2, -0.15) is 0 Å². The monoisotopic (exact) mass is 248 g/mol. The molecule has 0 aromatic heterocycles. The van der Waals surface area contributed by atoms with Crippen LogP contribution in [0.1, 0.15) is 12.5 Å². The summed E-state index contributed by atoms with van der Waals surface area (Å²) in [5.41, 5.74) is 2.32. The van der Waals surface area contributed by atoms with E-state index < -0.39 is 0 Å². The minimum absolute atomic E-state index is 1.09. The first-order valence-electron chi connectivity index (χ1n) is 4.49. The van der Waals surface area contributed by atoms with Crippen LogP contribution in [0.5, 0.6) is 0 Å². The summed E-state index contributed by atoms with van der Waals surface area (Å²) in [6, 6.07) is 8.20. The molecule has 0 nitrogen and oxygen atoms in total. The Labute approximate surface area is 93.8 Å². The Kier molecular flexibility index (Phi) is 4.41. The van der Waals surface area contributed by atoms with Gasteiger partial charge in [-0.15, -0.1) is 0 Å². The topological polar surface area (TPSA) is 0 Å². The van der Waals surface area contributed by atoms with Crippen molar-refractivity contribution in [3.05, 3.63) is 65.2 Å². The van der Waals surface area contributed by atoms with Crippen molar-refractivity contribution >= 4 is 21.5 Å². The molecular formula is C13H13Br. The molecule has 1 heteroatoms. The first kappa shape index (κ1) is 11.0. The lowest BCUT2D eigenvalue weighted by Crippen LogP contribution is -1.78. The van der Waals surface area contributed by atoms with E-state index in [2.05, 4.69) is 40.7 Å². The average Bonchev–Trinajstić information content (AvgIpc) is 2.21. The van der Waals surface area contributed by atoms with Crippen LogP contribution >= 0.6 is 15.9 Å². The van der Waals surface area contributed by atoms with Gasteiger partial charge >= 0.3 is 0 Å². The fourth-order valence-electron chi connectivity index (χ4n) is 1.12. The molecule has 0 radical (unpaired) electrons. The van der Waals surface area contributed by atoms with Crippen molar-refractivity contribution in [1.29, 1.82) is 0 Å². The average molecular weight is 249 g/mol. The SMILES string of the molecule is C=C/C(=C\C=C/C)c1ccc(Br)cc1. The highest BCUT2D eigenvalue weighted by atomic mass is 79.9. The van der Waals surface area contributed by atoms with Crippen molar-refractivity contribution in [1.82, 2.24) is 0 Å². The molecule has 0 atom stereocenters. The molecule has 0 saturated carbocycles. The molecule has 0 heterocycles. The van der Waals surface area contributed by atoms with Crippen LogP contribution in [0.3, 0.4) is 0 Å². The lowest BCUT2D eigenvalue weighted by atomic mass is 10.1. The van der Waals surface area contributed by atoms with Crippen molar-refractivity contribution in [2.45, 2.75) is 6.92 Å². The normalized spacial score (nSPS) is 12.0.